The fourth-order valence-electron chi connectivity index (χ4n) is 2.63. The van der Waals surface area contributed by atoms with Gasteiger partial charge in [-0.15, -0.1) is 0 Å². The number of aromatic amines is 1. The Hall–Kier alpha value is -2.35. The molecule has 2 heterocycles. The topological polar surface area (TPSA) is 121 Å². The lowest BCUT2D eigenvalue weighted by Gasteiger charge is -2.22. The number of alkyl halides is 4. The largest absolute Gasteiger partial charge is 0.436 e. The number of carbonyl (C=O) groups excluding carboxylic acids is 1. The number of nitrogens with zero attached hydrogens (tertiary/aromatic N) is 1. The molecule has 1 aromatic heterocycles. The van der Waals surface area contributed by atoms with Gasteiger partial charge in [-0.05, 0) is 26.0 Å². The molecular weight excluding hydrogens is 585 g/mol. The third-order valence-electron chi connectivity index (χ3n) is 4.52. The third-order valence-corrected chi connectivity index (χ3v) is 5.99. The molecule has 0 spiro atoms. The molecule has 3 atom stereocenters. The van der Waals surface area contributed by atoms with E-state index >= 15 is 0 Å². The molecule has 0 radical (unpaired) electrons. The number of ether oxygens (including phenoxy) is 2. The van der Waals surface area contributed by atoms with Crippen LogP contribution in [0.5, 0.6) is 5.75 Å². The van der Waals surface area contributed by atoms with Crippen molar-refractivity contribution in [2.45, 2.75) is 58.5 Å². The van der Waals surface area contributed by atoms with E-state index in [1.54, 1.807) is 37.4 Å². The Morgan fingerprint density at radius 3 is 2.35 bits per heavy atom. The van der Waals surface area contributed by atoms with E-state index in [4.69, 9.17) is 30.1 Å². The van der Waals surface area contributed by atoms with Gasteiger partial charge in [0.25, 0.3) is 11.5 Å². The van der Waals surface area contributed by atoms with Crippen LogP contribution in [0.2, 0.25) is 5.02 Å². The quantitative estimate of drug-likeness (QED) is 0.212. The maximum absolute atomic E-state index is 14.4. The van der Waals surface area contributed by atoms with Crippen molar-refractivity contribution in [1.82, 2.24) is 14.6 Å². The highest BCUT2D eigenvalue weighted by Gasteiger charge is 2.51. The number of hydrogen-bond acceptors (Lipinski definition) is 8. The molecule has 0 amide bonds. The molecule has 2 N–H and O–H groups in total. The Bertz CT molecular complexity index is 1080. The van der Waals surface area contributed by atoms with Gasteiger partial charge in [0.15, 0.2) is 0 Å². The second kappa shape index (κ2) is 20.5. The van der Waals surface area contributed by atoms with Gasteiger partial charge in [0.05, 0.1) is 25.7 Å². The molecule has 1 aliphatic heterocycles. The van der Waals surface area contributed by atoms with E-state index in [9.17, 15) is 31.9 Å². The maximum Gasteiger partial charge on any atom is 0.330 e. The Morgan fingerprint density at radius 1 is 1.25 bits per heavy atom. The van der Waals surface area contributed by atoms with E-state index in [-0.39, 0.29) is 11.6 Å². The monoisotopic (exact) mass is 619 g/mol. The van der Waals surface area contributed by atoms with Gasteiger partial charge in [-0.25, -0.2) is 27.4 Å². The lowest BCUT2D eigenvalue weighted by atomic mass is 10.2. The van der Waals surface area contributed by atoms with Crippen LogP contribution in [0.3, 0.4) is 0 Å². The molecule has 3 unspecified atom stereocenters. The van der Waals surface area contributed by atoms with Crippen molar-refractivity contribution >= 4 is 26.4 Å². The molecule has 1 fully saturated rings. The van der Waals surface area contributed by atoms with Crippen molar-refractivity contribution in [2.24, 2.45) is 0 Å². The summed E-state index contributed by atoms with van der Waals surface area (Å²) in [4.78, 5) is 35.8. The predicted octanol–water partition coefficient (Wildman–Crippen LogP) is 5.17. The van der Waals surface area contributed by atoms with Crippen molar-refractivity contribution in [3.8, 4) is 5.75 Å². The zero-order valence-electron chi connectivity index (χ0n) is 22.7. The van der Waals surface area contributed by atoms with E-state index in [1.807, 2.05) is 32.7 Å². The average Bonchev–Trinajstić information content (AvgIpc) is 3.23. The smallest absolute Gasteiger partial charge is 0.330 e. The number of nitrogens with one attached hydrogen (secondary N) is 2. The summed E-state index contributed by atoms with van der Waals surface area (Å²) in [5.41, 5.74) is -1.75. The summed E-state index contributed by atoms with van der Waals surface area (Å²) in [7, 11) is -0.217. The van der Waals surface area contributed by atoms with Crippen LogP contribution in [0.4, 0.5) is 17.6 Å². The summed E-state index contributed by atoms with van der Waals surface area (Å²) < 4.78 is 70.0. The average molecular weight is 620 g/mol. The van der Waals surface area contributed by atoms with Crippen LogP contribution < -0.4 is 20.9 Å². The third kappa shape index (κ3) is 13.8. The van der Waals surface area contributed by atoms with E-state index in [1.165, 1.54) is 0 Å². The van der Waals surface area contributed by atoms with Gasteiger partial charge < -0.3 is 23.3 Å². The lowest BCUT2D eigenvalue weighted by molar-refractivity contribution is -0.107. The molecule has 1 aromatic carbocycles. The molecule has 0 aliphatic carbocycles. The van der Waals surface area contributed by atoms with Gasteiger partial charge in [0, 0.05) is 13.3 Å². The van der Waals surface area contributed by atoms with Crippen molar-refractivity contribution in [2.75, 3.05) is 27.2 Å². The minimum Gasteiger partial charge on any atom is -0.436 e. The number of para-hydroxylation sites is 1. The van der Waals surface area contributed by atoms with Crippen molar-refractivity contribution in [3.63, 3.8) is 0 Å². The second-order valence-corrected chi connectivity index (χ2v) is 9.24. The molecule has 228 valence electrons. The van der Waals surface area contributed by atoms with E-state index in [2.05, 4.69) is 5.09 Å². The second-order valence-electron chi connectivity index (χ2n) is 7.56. The Morgan fingerprint density at radius 2 is 1.82 bits per heavy atom. The summed E-state index contributed by atoms with van der Waals surface area (Å²) in [6, 6.07) is 8.49. The summed E-state index contributed by atoms with van der Waals surface area (Å²) in [5.74, 6) is -2.90. The first-order chi connectivity index (χ1) is 19.0. The van der Waals surface area contributed by atoms with Gasteiger partial charge in [0.1, 0.15) is 29.4 Å². The molecule has 16 heteroatoms. The molecule has 1 aliphatic rings. The van der Waals surface area contributed by atoms with E-state index < -0.39 is 58.0 Å². The van der Waals surface area contributed by atoms with E-state index in [0.717, 1.165) is 10.8 Å². The minimum absolute atomic E-state index is 0.103. The SMILES string of the molecule is CC.COC(C)C.FCF.O=CCNP(OCC1OC(n2cc(Cl)c(=O)[nH]c2=O)CC1(F)F)Oc1ccccc1. The molecule has 10 nitrogen and oxygen atoms in total. The van der Waals surface area contributed by atoms with Crippen LogP contribution >= 0.6 is 20.1 Å². The highest BCUT2D eigenvalue weighted by atomic mass is 35.5. The minimum atomic E-state index is -3.33. The standard InChI is InChI=1S/C17H17ClF2N3O6P.C4H10O.C2H6.CH2F2/c18-12-9-23(16(26)22-15(12)25)14-8-17(19,20)13(28-14)10-27-30(21-6-7-24)29-11-4-2-1-3-5-11;1-4(2)5-3;1-2;2-1-3/h1-5,7,9,13-14,21H,6,8,10H2,(H,22,25,26);4H,1-3H3;1-2H3;1H2. The number of aromatic nitrogens is 2. The lowest BCUT2D eigenvalue weighted by Crippen LogP contribution is -2.33. The normalized spacial score (nSPS) is 17.8. The Balaban J connectivity index is 0.00000132. The zero-order valence-corrected chi connectivity index (χ0v) is 24.4. The molecular formula is C24H35ClF4N3O7P. The van der Waals surface area contributed by atoms with Crippen LogP contribution in [-0.2, 0) is 18.8 Å². The van der Waals surface area contributed by atoms with Gasteiger partial charge in [0.2, 0.25) is 6.93 Å². The molecule has 1 saturated heterocycles. The number of H-pyrrole nitrogens is 1. The van der Waals surface area contributed by atoms with Crippen molar-refractivity contribution in [1.29, 1.82) is 0 Å². The first-order valence-corrected chi connectivity index (χ1v) is 13.6. The summed E-state index contributed by atoms with van der Waals surface area (Å²) in [6.45, 7) is 5.58. The summed E-state index contributed by atoms with van der Waals surface area (Å²) in [6.07, 6.45) is -1.94. The molecule has 3 rings (SSSR count). The van der Waals surface area contributed by atoms with E-state index in [0.29, 0.717) is 18.1 Å². The number of aldehydes is 1. The Kier molecular flexibility index (Phi) is 19.3. The molecule has 40 heavy (non-hydrogen) atoms. The van der Waals surface area contributed by atoms with Crippen molar-refractivity contribution < 1.29 is 40.9 Å². The van der Waals surface area contributed by atoms with Gasteiger partial charge in [-0.1, -0.05) is 43.6 Å². The number of carbonyl (C=O) groups is 1. The summed E-state index contributed by atoms with van der Waals surface area (Å²) in [5, 5.41) is 2.34. The highest BCUT2D eigenvalue weighted by molar-refractivity contribution is 7.45. The molecule has 0 saturated carbocycles. The van der Waals surface area contributed by atoms with Crippen LogP contribution in [0.25, 0.3) is 0 Å². The fourth-order valence-corrected chi connectivity index (χ4v) is 3.80. The first-order valence-electron chi connectivity index (χ1n) is 12.0. The highest BCUT2D eigenvalue weighted by Crippen LogP contribution is 2.43. The van der Waals surface area contributed by atoms with Gasteiger partial charge in [-0.2, -0.15) is 0 Å². The summed E-state index contributed by atoms with van der Waals surface area (Å²) >= 11 is 5.68. The Labute approximate surface area is 235 Å². The number of methoxy groups -OCH3 is 1. The van der Waals surface area contributed by atoms with Gasteiger partial charge in [-0.3, -0.25) is 14.3 Å². The van der Waals surface area contributed by atoms with Crippen LogP contribution in [-0.4, -0.2) is 61.2 Å². The zero-order chi connectivity index (χ0) is 30.7. The van der Waals surface area contributed by atoms with Crippen LogP contribution in [0, 0.1) is 0 Å². The molecule has 0 bridgehead atoms. The first kappa shape index (κ1) is 37.6. The number of rotatable bonds is 10. The molecule has 2 aromatic rings. The van der Waals surface area contributed by atoms with Gasteiger partial charge >= 0.3 is 14.2 Å². The fraction of sp³-hybridized carbons (Fsp3) is 0.542. The van der Waals surface area contributed by atoms with Crippen molar-refractivity contribution in [3.05, 3.63) is 62.4 Å². The number of benzene rings is 1. The van der Waals surface area contributed by atoms with Crippen LogP contribution in [0.15, 0.2) is 46.1 Å². The number of hydrogen-bond donors (Lipinski definition) is 2. The van der Waals surface area contributed by atoms with Crippen LogP contribution in [0.1, 0.15) is 40.3 Å². The predicted molar refractivity (Wildman–Crippen MR) is 144 cm³/mol. The maximum atomic E-state index is 14.4. The number of halogens is 5.